The maximum Gasteiger partial charge on any atom is 0.342 e. The first kappa shape index (κ1) is 27.7. The van der Waals surface area contributed by atoms with E-state index in [-0.39, 0.29) is 48.1 Å². The first-order valence-electron chi connectivity index (χ1n) is 11.6. The van der Waals surface area contributed by atoms with Crippen LogP contribution < -0.4 is 15.6 Å². The minimum atomic E-state index is -1.42. The number of hydrogen-bond donors (Lipinski definition) is 3. The van der Waals surface area contributed by atoms with Crippen molar-refractivity contribution in [3.05, 3.63) is 61.8 Å². The van der Waals surface area contributed by atoms with Crippen molar-refractivity contribution in [2.75, 3.05) is 31.1 Å². The highest BCUT2D eigenvalue weighted by Gasteiger charge is 2.27. The van der Waals surface area contributed by atoms with Crippen LogP contribution in [0.5, 0.6) is 0 Å². The summed E-state index contributed by atoms with van der Waals surface area (Å²) in [7, 11) is 0. The van der Waals surface area contributed by atoms with E-state index in [0.717, 1.165) is 12.3 Å². The fourth-order valence-electron chi connectivity index (χ4n) is 4.28. The third kappa shape index (κ3) is 5.59. The highest BCUT2D eigenvalue weighted by atomic mass is 19.1. The minimum Gasteiger partial charge on any atom is -0.477 e. The lowest BCUT2D eigenvalue weighted by Crippen LogP contribution is -2.49. The van der Waals surface area contributed by atoms with E-state index in [2.05, 4.69) is 10.3 Å². The Hall–Kier alpha value is -3.91. The van der Waals surface area contributed by atoms with Gasteiger partial charge in [0.2, 0.25) is 5.43 Å². The van der Waals surface area contributed by atoms with Crippen LogP contribution in [-0.4, -0.2) is 67.5 Å². The van der Waals surface area contributed by atoms with Crippen molar-refractivity contribution in [2.45, 2.75) is 39.9 Å². The molecule has 1 aromatic carbocycles. The van der Waals surface area contributed by atoms with E-state index in [0.29, 0.717) is 25.5 Å². The van der Waals surface area contributed by atoms with Gasteiger partial charge in [0.25, 0.3) is 0 Å². The number of aromatic carboxylic acids is 1. The minimum absolute atomic E-state index is 0.0694. The van der Waals surface area contributed by atoms with Crippen molar-refractivity contribution in [3.8, 4) is 0 Å². The lowest BCUT2D eigenvalue weighted by molar-refractivity contribution is -0.392. The van der Waals surface area contributed by atoms with E-state index in [4.69, 9.17) is 10.2 Å². The first-order valence-corrected chi connectivity index (χ1v) is 11.6. The summed E-state index contributed by atoms with van der Waals surface area (Å²) in [6.07, 6.45) is 2.29. The van der Waals surface area contributed by atoms with Crippen molar-refractivity contribution < 1.29 is 28.7 Å². The average Bonchev–Trinajstić information content (AvgIpc) is 3.20. The van der Waals surface area contributed by atoms with Crippen LogP contribution in [0, 0.1) is 28.7 Å². The van der Waals surface area contributed by atoms with Gasteiger partial charge in [-0.3, -0.25) is 4.79 Å². The van der Waals surface area contributed by atoms with Crippen molar-refractivity contribution in [3.63, 3.8) is 0 Å². The van der Waals surface area contributed by atoms with Gasteiger partial charge in [0.1, 0.15) is 29.8 Å². The number of rotatable bonds is 6. The van der Waals surface area contributed by atoms with Gasteiger partial charge in [-0.05, 0) is 24.8 Å². The summed E-state index contributed by atoms with van der Waals surface area (Å²) in [5, 5.41) is 31.1. The number of aliphatic hydroxyl groups is 1. The van der Waals surface area contributed by atoms with Crippen LogP contribution >= 0.6 is 0 Å². The normalized spacial score (nSPS) is 15.4. The van der Waals surface area contributed by atoms with Gasteiger partial charge in [0.05, 0.1) is 17.5 Å². The van der Waals surface area contributed by atoms with Crippen LogP contribution in [0.2, 0.25) is 0 Å². The number of aliphatic hydroxyl groups excluding tert-OH is 1. The molecule has 200 valence electrons. The lowest BCUT2D eigenvalue weighted by Gasteiger charge is -2.34. The summed E-state index contributed by atoms with van der Waals surface area (Å²) >= 11 is 0. The van der Waals surface area contributed by atoms with Crippen LogP contribution in [0.1, 0.15) is 30.0 Å². The van der Waals surface area contributed by atoms with E-state index in [1.54, 1.807) is 18.7 Å². The molecule has 1 atom stereocenters. The highest BCUT2D eigenvalue weighted by molar-refractivity contribution is 5.93. The third-order valence-corrected chi connectivity index (χ3v) is 6.03. The van der Waals surface area contributed by atoms with Gasteiger partial charge in [-0.1, -0.05) is 0 Å². The molecule has 0 spiro atoms. The number of halogens is 2. The van der Waals surface area contributed by atoms with Crippen molar-refractivity contribution in [1.29, 1.82) is 0 Å². The van der Waals surface area contributed by atoms with E-state index in [9.17, 15) is 24.1 Å². The summed E-state index contributed by atoms with van der Waals surface area (Å²) in [6.45, 7) is 7.07. The van der Waals surface area contributed by atoms with Crippen LogP contribution in [0.15, 0.2) is 23.3 Å². The molecule has 1 saturated heterocycles. The number of piperazine rings is 1. The van der Waals surface area contributed by atoms with Gasteiger partial charge >= 0.3 is 11.8 Å². The Morgan fingerprint density at radius 3 is 2.65 bits per heavy atom. The second-order valence-corrected chi connectivity index (χ2v) is 8.48. The number of nitro groups is 1. The number of benzene rings is 1. The number of nitrogens with one attached hydrogen (secondary N) is 1. The maximum absolute atomic E-state index is 15.2. The number of imidazole rings is 1. The van der Waals surface area contributed by atoms with Crippen LogP contribution in [-0.2, 0) is 13.1 Å². The fourth-order valence-corrected chi connectivity index (χ4v) is 4.28. The molecule has 3 heterocycles. The van der Waals surface area contributed by atoms with Crippen LogP contribution in [0.4, 0.5) is 20.3 Å². The van der Waals surface area contributed by atoms with Gasteiger partial charge in [0.15, 0.2) is 11.6 Å². The Morgan fingerprint density at radius 2 is 2.08 bits per heavy atom. The van der Waals surface area contributed by atoms with Gasteiger partial charge in [-0.25, -0.2) is 23.1 Å². The molecule has 14 heteroatoms. The monoisotopic (exact) mass is 522 g/mol. The molecule has 0 aliphatic carbocycles. The standard InChI is InChI=1S/C17H19F2N3O3.C6H9N3O3/c1-3-21-8-11(17(24)25)16(23)10-6-12(18)15(13(19)14(10)21)22-5-4-20-9(2)7-22;1-5-7-4-6(9(11)12)8(5)2-3-10/h6,8-9,20H,3-5,7H2,1-2H3,(H,24,25);4,10H,2-3H2,1H3. The SMILES string of the molecule is CCn1cc(C(=O)O)c(=O)c2cc(F)c(N3CCNC(C)C3)c(F)c21.Cc1ncc([N+](=O)[O-])n1CCO. The molecule has 1 aliphatic rings. The molecule has 3 aromatic rings. The number of carboxylic acid groups (broad SMARTS) is 1. The Balaban J connectivity index is 0.000000266. The van der Waals surface area contributed by atoms with Crippen LogP contribution in [0.25, 0.3) is 10.9 Å². The molecule has 0 bridgehead atoms. The summed E-state index contributed by atoms with van der Waals surface area (Å²) < 4.78 is 32.5. The Bertz CT molecular complexity index is 1390. The number of nitrogens with zero attached hydrogens (tertiary/aromatic N) is 5. The van der Waals surface area contributed by atoms with Crippen LogP contribution in [0.3, 0.4) is 0 Å². The summed E-state index contributed by atoms with van der Waals surface area (Å²) in [5.41, 5.74) is -1.63. The fraction of sp³-hybridized carbons (Fsp3) is 0.435. The molecule has 12 nitrogen and oxygen atoms in total. The Morgan fingerprint density at radius 1 is 1.38 bits per heavy atom. The van der Waals surface area contributed by atoms with Gasteiger partial charge in [-0.2, -0.15) is 0 Å². The summed E-state index contributed by atoms with van der Waals surface area (Å²) in [6, 6.07) is 1.02. The van der Waals surface area contributed by atoms with Crippen molar-refractivity contribution in [2.24, 2.45) is 0 Å². The molecule has 4 rings (SSSR count). The Labute approximate surface area is 209 Å². The molecule has 1 aliphatic heterocycles. The highest BCUT2D eigenvalue weighted by Crippen LogP contribution is 2.30. The number of aromatic nitrogens is 3. The number of carbonyl (C=O) groups is 1. The van der Waals surface area contributed by atoms with Crippen molar-refractivity contribution >= 4 is 28.4 Å². The second kappa shape index (κ2) is 11.4. The van der Waals surface area contributed by atoms with Crippen molar-refractivity contribution in [1.82, 2.24) is 19.4 Å². The van der Waals surface area contributed by atoms with Gasteiger partial charge < -0.3 is 35.1 Å². The third-order valence-electron chi connectivity index (χ3n) is 6.03. The summed E-state index contributed by atoms with van der Waals surface area (Å²) in [5.74, 6) is -2.66. The summed E-state index contributed by atoms with van der Waals surface area (Å²) in [4.78, 5) is 38.8. The lowest BCUT2D eigenvalue weighted by atomic mass is 10.1. The molecule has 1 unspecified atom stereocenters. The number of fused-ring (bicyclic) bond motifs is 1. The predicted molar refractivity (Wildman–Crippen MR) is 131 cm³/mol. The number of pyridine rings is 1. The van der Waals surface area contributed by atoms with Gasteiger partial charge in [0, 0.05) is 45.3 Å². The largest absolute Gasteiger partial charge is 0.477 e. The maximum atomic E-state index is 15.2. The van der Waals surface area contributed by atoms with E-state index in [1.165, 1.54) is 15.3 Å². The Kier molecular flexibility index (Phi) is 8.55. The topological polar surface area (TPSA) is 156 Å². The smallest absolute Gasteiger partial charge is 0.342 e. The van der Waals surface area contributed by atoms with Gasteiger partial charge in [-0.15, -0.1) is 0 Å². The van der Waals surface area contributed by atoms with E-state index >= 15 is 4.39 Å². The number of aryl methyl sites for hydroxylation is 2. The molecule has 0 saturated carbocycles. The molecular formula is C23H28F2N6O6. The number of carboxylic acids is 1. The molecular weight excluding hydrogens is 494 g/mol. The first-order chi connectivity index (χ1) is 17.5. The second-order valence-electron chi connectivity index (χ2n) is 8.48. The molecule has 0 amide bonds. The number of anilines is 1. The predicted octanol–water partition coefficient (Wildman–Crippen LogP) is 1.89. The molecule has 1 fully saturated rings. The molecule has 3 N–H and O–H groups in total. The van der Waals surface area contributed by atoms with E-state index in [1.807, 2.05) is 6.92 Å². The quantitative estimate of drug-likeness (QED) is 0.325. The zero-order chi connectivity index (χ0) is 27.4. The molecule has 0 radical (unpaired) electrons. The molecule has 37 heavy (non-hydrogen) atoms. The van der Waals surface area contributed by atoms with E-state index < -0.39 is 33.5 Å². The zero-order valence-electron chi connectivity index (χ0n) is 20.6. The zero-order valence-corrected chi connectivity index (χ0v) is 20.6. The molecule has 2 aromatic heterocycles. The average molecular weight is 523 g/mol. The number of hydrogen-bond acceptors (Lipinski definition) is 8.